The molecule has 1 heterocycles. The third-order valence-corrected chi connectivity index (χ3v) is 4.23. The summed E-state index contributed by atoms with van der Waals surface area (Å²) in [4.78, 5) is 14.3. The molecule has 16 heavy (non-hydrogen) atoms. The normalized spacial score (nSPS) is 11.0. The van der Waals surface area contributed by atoms with Gasteiger partial charge in [-0.2, -0.15) is 0 Å². The molecule has 2 rings (SSSR count). The minimum absolute atomic E-state index is 0.0139. The minimum Gasteiger partial charge on any atom is -0.258 e. The summed E-state index contributed by atoms with van der Waals surface area (Å²) in [6.45, 7) is 1.76. The van der Waals surface area contributed by atoms with Crippen LogP contribution < -0.4 is 0 Å². The molecule has 0 saturated carbocycles. The lowest BCUT2D eigenvalue weighted by Gasteiger charge is -2.01. The Morgan fingerprint density at radius 3 is 2.44 bits per heavy atom. The van der Waals surface area contributed by atoms with Crippen LogP contribution in [0.4, 0.5) is 5.69 Å². The lowest BCUT2D eigenvalue weighted by molar-refractivity contribution is -0.384. The molecule has 0 unspecified atom stereocenters. The van der Waals surface area contributed by atoms with E-state index in [9.17, 15) is 10.1 Å². The first kappa shape index (κ1) is 11.9. The Bertz CT molecular complexity index is 611. The molecule has 0 N–H and O–H groups in total. The molecule has 0 bridgehead atoms. The molecular weight excluding hydrogens is 295 g/mol. The van der Waals surface area contributed by atoms with E-state index in [0.29, 0.717) is 10.2 Å². The van der Waals surface area contributed by atoms with Crippen LogP contribution >= 0.6 is 46.1 Å². The molecule has 2 aromatic rings. The van der Waals surface area contributed by atoms with Crippen LogP contribution in [0.15, 0.2) is 0 Å². The van der Waals surface area contributed by atoms with Gasteiger partial charge in [0, 0.05) is 0 Å². The number of rotatable bonds is 1. The van der Waals surface area contributed by atoms with Gasteiger partial charge in [-0.25, -0.2) is 4.98 Å². The summed E-state index contributed by atoms with van der Waals surface area (Å²) in [6, 6.07) is 0. The molecule has 0 atom stereocenters. The van der Waals surface area contributed by atoms with E-state index in [4.69, 9.17) is 34.8 Å². The van der Waals surface area contributed by atoms with Crippen molar-refractivity contribution in [1.29, 1.82) is 0 Å². The molecule has 0 aliphatic carbocycles. The van der Waals surface area contributed by atoms with E-state index in [2.05, 4.69) is 4.98 Å². The maximum atomic E-state index is 10.8. The second-order valence-corrected chi connectivity index (χ2v) is 5.30. The Hall–Kier alpha value is -0.620. The highest BCUT2D eigenvalue weighted by atomic mass is 35.5. The zero-order valence-corrected chi connectivity index (χ0v) is 10.8. The Labute approximate surface area is 109 Å². The van der Waals surface area contributed by atoms with E-state index >= 15 is 0 Å². The SMILES string of the molecule is Cc1nc2c(Cl)c(Cl)c([N+](=O)[O-])c(Cl)c2s1. The summed E-state index contributed by atoms with van der Waals surface area (Å²) < 4.78 is 0.486. The quantitative estimate of drug-likeness (QED) is 0.443. The zero-order valence-electron chi connectivity index (χ0n) is 7.75. The molecule has 0 aliphatic rings. The summed E-state index contributed by atoms with van der Waals surface area (Å²) >= 11 is 18.9. The largest absolute Gasteiger partial charge is 0.309 e. The van der Waals surface area contributed by atoms with Gasteiger partial charge in [-0.1, -0.05) is 34.8 Å². The smallest absolute Gasteiger partial charge is 0.258 e. The molecule has 0 radical (unpaired) electrons. The molecule has 1 aromatic heterocycles. The number of hydrogen-bond acceptors (Lipinski definition) is 4. The average molecular weight is 298 g/mol. The van der Waals surface area contributed by atoms with Gasteiger partial charge in [-0.05, 0) is 6.92 Å². The lowest BCUT2D eigenvalue weighted by atomic mass is 10.3. The van der Waals surface area contributed by atoms with Gasteiger partial charge in [0.2, 0.25) is 0 Å². The van der Waals surface area contributed by atoms with E-state index in [1.165, 1.54) is 11.3 Å². The van der Waals surface area contributed by atoms with Gasteiger partial charge in [-0.15, -0.1) is 11.3 Å². The molecule has 4 nitrogen and oxygen atoms in total. The van der Waals surface area contributed by atoms with Crippen LogP contribution in [-0.4, -0.2) is 9.91 Å². The van der Waals surface area contributed by atoms with E-state index in [1.807, 2.05) is 0 Å². The molecule has 8 heteroatoms. The van der Waals surface area contributed by atoms with Crippen LogP contribution in [0, 0.1) is 17.0 Å². The minimum atomic E-state index is -0.648. The first-order valence-corrected chi connectivity index (χ1v) is 5.96. The first-order chi connectivity index (χ1) is 7.43. The molecule has 0 fully saturated rings. The number of hydrogen-bond donors (Lipinski definition) is 0. The number of aromatic nitrogens is 1. The Morgan fingerprint density at radius 1 is 1.25 bits per heavy atom. The molecule has 0 spiro atoms. The fraction of sp³-hybridized carbons (Fsp3) is 0.125. The number of halogens is 3. The van der Waals surface area contributed by atoms with Crippen molar-refractivity contribution in [2.75, 3.05) is 0 Å². The van der Waals surface area contributed by atoms with Gasteiger partial charge >= 0.3 is 5.69 Å². The van der Waals surface area contributed by atoms with Gasteiger partial charge in [0.15, 0.2) is 0 Å². The second kappa shape index (κ2) is 4.00. The van der Waals surface area contributed by atoms with Gasteiger partial charge in [0.05, 0.1) is 19.7 Å². The van der Waals surface area contributed by atoms with Gasteiger partial charge in [-0.3, -0.25) is 10.1 Å². The van der Waals surface area contributed by atoms with Crippen molar-refractivity contribution < 1.29 is 4.92 Å². The number of nitrogens with zero attached hydrogens (tertiary/aromatic N) is 2. The predicted octanol–water partition coefficient (Wildman–Crippen LogP) is 4.47. The maximum absolute atomic E-state index is 10.8. The fourth-order valence-electron chi connectivity index (χ4n) is 1.30. The van der Waals surface area contributed by atoms with Crippen LogP contribution in [0.25, 0.3) is 10.2 Å². The lowest BCUT2D eigenvalue weighted by Crippen LogP contribution is -1.91. The monoisotopic (exact) mass is 296 g/mol. The van der Waals surface area contributed by atoms with E-state index in [1.54, 1.807) is 6.92 Å². The highest BCUT2D eigenvalue weighted by Gasteiger charge is 2.26. The van der Waals surface area contributed by atoms with Crippen molar-refractivity contribution in [1.82, 2.24) is 4.98 Å². The molecule has 0 saturated heterocycles. The molecule has 0 amide bonds. The number of fused-ring (bicyclic) bond motifs is 1. The third-order valence-electron chi connectivity index (χ3n) is 1.93. The summed E-state index contributed by atoms with van der Waals surface area (Å²) in [5.74, 6) is 0. The standard InChI is InChI=1S/C8H3Cl3N2O2S/c1-2-12-6-3(9)4(10)7(13(14)15)5(11)8(6)16-2/h1H3. The Kier molecular flexibility index (Phi) is 2.96. The van der Waals surface area contributed by atoms with Crippen LogP contribution in [0.2, 0.25) is 15.1 Å². The number of nitro benzene ring substituents is 1. The number of benzene rings is 1. The van der Waals surface area contributed by atoms with Crippen molar-refractivity contribution >= 4 is 62.0 Å². The van der Waals surface area contributed by atoms with Crippen molar-refractivity contribution in [2.24, 2.45) is 0 Å². The van der Waals surface area contributed by atoms with Crippen LogP contribution in [0.3, 0.4) is 0 Å². The van der Waals surface area contributed by atoms with E-state index < -0.39 is 4.92 Å². The molecule has 84 valence electrons. The molecule has 0 aliphatic heterocycles. The van der Waals surface area contributed by atoms with Crippen molar-refractivity contribution in [2.45, 2.75) is 6.92 Å². The third kappa shape index (κ3) is 1.64. The van der Waals surface area contributed by atoms with Gasteiger partial charge in [0.1, 0.15) is 15.6 Å². The fourth-order valence-corrected chi connectivity index (χ4v) is 3.11. The van der Waals surface area contributed by atoms with Crippen molar-refractivity contribution in [3.8, 4) is 0 Å². The number of aryl methyl sites for hydroxylation is 1. The van der Waals surface area contributed by atoms with E-state index in [-0.39, 0.29) is 20.8 Å². The summed E-state index contributed by atoms with van der Waals surface area (Å²) in [7, 11) is 0. The highest BCUT2D eigenvalue weighted by molar-refractivity contribution is 7.19. The summed E-state index contributed by atoms with van der Waals surface area (Å²) in [6.07, 6.45) is 0. The van der Waals surface area contributed by atoms with Crippen LogP contribution in [-0.2, 0) is 0 Å². The van der Waals surface area contributed by atoms with Crippen molar-refractivity contribution in [3.63, 3.8) is 0 Å². The molecular formula is C8H3Cl3N2O2S. The van der Waals surface area contributed by atoms with E-state index in [0.717, 1.165) is 5.01 Å². The highest BCUT2D eigenvalue weighted by Crippen LogP contribution is 2.46. The summed E-state index contributed by atoms with van der Waals surface area (Å²) in [5, 5.41) is 11.4. The zero-order chi connectivity index (χ0) is 12.0. The Balaban J connectivity index is 2.99. The van der Waals surface area contributed by atoms with Crippen LogP contribution in [0.5, 0.6) is 0 Å². The summed E-state index contributed by atoms with van der Waals surface area (Å²) in [5.41, 5.74) is 0.0363. The molecule has 1 aromatic carbocycles. The van der Waals surface area contributed by atoms with Crippen molar-refractivity contribution in [3.05, 3.63) is 30.2 Å². The number of nitro groups is 1. The Morgan fingerprint density at radius 2 is 1.88 bits per heavy atom. The van der Waals surface area contributed by atoms with Gasteiger partial charge in [0.25, 0.3) is 0 Å². The topological polar surface area (TPSA) is 56.0 Å². The second-order valence-electron chi connectivity index (χ2n) is 2.96. The van der Waals surface area contributed by atoms with Crippen LogP contribution in [0.1, 0.15) is 5.01 Å². The maximum Gasteiger partial charge on any atom is 0.309 e. The number of thiazole rings is 1. The van der Waals surface area contributed by atoms with Gasteiger partial charge < -0.3 is 0 Å². The first-order valence-electron chi connectivity index (χ1n) is 4.01. The average Bonchev–Trinajstić information content (AvgIpc) is 2.57. The predicted molar refractivity (Wildman–Crippen MR) is 66.0 cm³/mol.